The van der Waals surface area contributed by atoms with E-state index in [-0.39, 0.29) is 30.4 Å². The van der Waals surface area contributed by atoms with E-state index in [1.54, 1.807) is 0 Å². The zero-order chi connectivity index (χ0) is 60.9. The number of hydrogen-bond donors (Lipinski definition) is 4. The van der Waals surface area contributed by atoms with Gasteiger partial charge in [-0.2, -0.15) is 0 Å². The van der Waals surface area contributed by atoms with Crippen molar-refractivity contribution < 1.29 is 30.0 Å². The number of unbranched alkanes of at least 4 members (excludes halogenated alkanes) is 31. The van der Waals surface area contributed by atoms with E-state index in [0.29, 0.717) is 39.2 Å². The van der Waals surface area contributed by atoms with E-state index in [0.717, 1.165) is 134 Å². The summed E-state index contributed by atoms with van der Waals surface area (Å²) in [5, 5.41) is 44.2. The number of carbonyl (C=O) groups excluding carboxylic acids is 1. The van der Waals surface area contributed by atoms with Crippen molar-refractivity contribution in [1.82, 2.24) is 19.6 Å². The molecule has 4 atom stereocenters. The van der Waals surface area contributed by atoms with Crippen molar-refractivity contribution in [2.75, 3.05) is 96.6 Å². The molecule has 0 aromatic rings. The van der Waals surface area contributed by atoms with Gasteiger partial charge in [0.05, 0.1) is 24.4 Å². The Labute approximate surface area is 529 Å². The summed E-state index contributed by atoms with van der Waals surface area (Å²) in [5.74, 6) is 2.06. The van der Waals surface area contributed by atoms with Gasteiger partial charge in [0.25, 0.3) is 0 Å². The number of hydrogen-bond acceptors (Lipinski definition) is 12. The Bertz CT molecular complexity index is 1340. The maximum Gasteiger partial charge on any atom is 0.305 e. The van der Waals surface area contributed by atoms with Gasteiger partial charge >= 0.3 is 5.97 Å². The minimum Gasteiger partial charge on any atom is -0.464 e. The molecule has 1 heterocycles. The fraction of sp³-hybridized carbons (Fsp3) is 0.931. The number of esters is 1. The number of ether oxygens (including phenoxy) is 1. The Morgan fingerprint density at radius 1 is 0.393 bits per heavy atom. The molecule has 0 aromatic heterocycles. The second kappa shape index (κ2) is 63.9. The fourth-order valence-corrected chi connectivity index (χ4v) is 13.9. The van der Waals surface area contributed by atoms with Gasteiger partial charge in [-0.15, -0.1) is 0 Å². The third kappa shape index (κ3) is 56.6. The van der Waals surface area contributed by atoms with Crippen LogP contribution in [0.5, 0.6) is 0 Å². The monoisotopic (exact) mass is 1220 g/mol. The van der Waals surface area contributed by atoms with Gasteiger partial charge in [-0.3, -0.25) is 24.4 Å². The quantitative estimate of drug-likeness (QED) is 0.0201. The van der Waals surface area contributed by atoms with E-state index < -0.39 is 0 Å². The van der Waals surface area contributed by atoms with E-state index in [4.69, 9.17) is 4.74 Å². The first kappa shape index (κ1) is 81.3. The van der Waals surface area contributed by atoms with Gasteiger partial charge in [-0.05, 0) is 109 Å². The third-order valence-corrected chi connectivity index (χ3v) is 19.7. The van der Waals surface area contributed by atoms with E-state index in [2.05, 4.69) is 71.6 Å². The molecule has 84 heavy (non-hydrogen) atoms. The molecule has 1 saturated heterocycles. The number of nitrogens with zero attached hydrogens (tertiary/aromatic N) is 4. The lowest BCUT2D eigenvalue weighted by Crippen LogP contribution is -2.47. The third-order valence-electron chi connectivity index (χ3n) is 17.3. The Hall–Kier alpha value is -0.670. The second-order valence-corrected chi connectivity index (χ2v) is 28.3. The lowest BCUT2D eigenvalue weighted by atomic mass is 10.1. The summed E-state index contributed by atoms with van der Waals surface area (Å²) < 4.78 is 5.70. The lowest BCUT2D eigenvalue weighted by Gasteiger charge is -2.34. The molecule has 0 aromatic carbocycles. The second-order valence-electron chi connectivity index (χ2n) is 25.6. The van der Waals surface area contributed by atoms with Crippen LogP contribution in [0.3, 0.4) is 0 Å². The highest BCUT2D eigenvalue weighted by molar-refractivity contribution is 8.76. The maximum atomic E-state index is 12.7. The van der Waals surface area contributed by atoms with Crippen LogP contribution in [0.15, 0.2) is 24.3 Å². The highest BCUT2D eigenvalue weighted by Crippen LogP contribution is 2.23. The average molecular weight is 1220 g/mol. The zero-order valence-electron chi connectivity index (χ0n) is 56.0. The normalized spacial score (nSPS) is 15.2. The molecular formula is C72H142N4O6S2. The summed E-state index contributed by atoms with van der Waals surface area (Å²) in [6.45, 7) is 19.7. The Balaban J connectivity index is 2.38. The average Bonchev–Trinajstić information content (AvgIpc) is 3.51. The van der Waals surface area contributed by atoms with Crippen LogP contribution in [0.25, 0.3) is 0 Å². The van der Waals surface area contributed by atoms with Gasteiger partial charge in [0.2, 0.25) is 0 Å². The molecule has 0 aliphatic carbocycles. The van der Waals surface area contributed by atoms with Crippen LogP contribution in [-0.4, -0.2) is 167 Å². The molecule has 0 spiro atoms. The number of aliphatic hydroxyl groups is 4. The highest BCUT2D eigenvalue weighted by atomic mass is 33.1. The zero-order valence-corrected chi connectivity index (χ0v) is 57.7. The molecule has 0 bridgehead atoms. The van der Waals surface area contributed by atoms with Crippen LogP contribution in [-0.2, 0) is 9.53 Å². The minimum atomic E-state index is -0.376. The predicted octanol–water partition coefficient (Wildman–Crippen LogP) is 17.9. The molecule has 10 nitrogen and oxygen atoms in total. The van der Waals surface area contributed by atoms with Crippen LogP contribution in [0, 0.1) is 0 Å². The first-order valence-corrected chi connectivity index (χ1v) is 39.0. The van der Waals surface area contributed by atoms with Crippen LogP contribution in [0.4, 0.5) is 0 Å². The van der Waals surface area contributed by atoms with Gasteiger partial charge in [0.1, 0.15) is 6.61 Å². The molecule has 1 aliphatic heterocycles. The van der Waals surface area contributed by atoms with Gasteiger partial charge in [-0.1, -0.05) is 253 Å². The van der Waals surface area contributed by atoms with Crippen molar-refractivity contribution in [2.45, 2.75) is 335 Å². The summed E-state index contributed by atoms with van der Waals surface area (Å²) >= 11 is 0. The maximum absolute atomic E-state index is 12.7. The molecule has 4 unspecified atom stereocenters. The van der Waals surface area contributed by atoms with Crippen LogP contribution >= 0.6 is 21.6 Å². The van der Waals surface area contributed by atoms with Crippen molar-refractivity contribution in [2.24, 2.45) is 0 Å². The van der Waals surface area contributed by atoms with Gasteiger partial charge < -0.3 is 25.2 Å². The fourth-order valence-electron chi connectivity index (χ4n) is 11.8. The smallest absolute Gasteiger partial charge is 0.305 e. The van der Waals surface area contributed by atoms with E-state index in [9.17, 15) is 25.2 Å². The van der Waals surface area contributed by atoms with Gasteiger partial charge in [0, 0.05) is 83.4 Å². The number of carbonyl (C=O) groups is 1. The highest BCUT2D eigenvalue weighted by Gasteiger charge is 2.20. The summed E-state index contributed by atoms with van der Waals surface area (Å²) in [4.78, 5) is 22.3. The lowest BCUT2D eigenvalue weighted by molar-refractivity contribution is -0.144. The molecule has 1 aliphatic rings. The molecule has 4 N–H and O–H groups in total. The van der Waals surface area contributed by atoms with Crippen molar-refractivity contribution in [3.63, 3.8) is 0 Å². The number of rotatable bonds is 66. The first-order chi connectivity index (χ1) is 41.2. The summed E-state index contributed by atoms with van der Waals surface area (Å²) in [6.07, 6.45) is 59.8. The van der Waals surface area contributed by atoms with Gasteiger partial charge in [-0.25, -0.2) is 0 Å². The Kier molecular flexibility index (Phi) is 61.9. The molecule has 0 radical (unpaired) electrons. The van der Waals surface area contributed by atoms with Crippen LogP contribution in [0.2, 0.25) is 0 Å². The van der Waals surface area contributed by atoms with Crippen molar-refractivity contribution in [3.05, 3.63) is 24.3 Å². The van der Waals surface area contributed by atoms with Crippen molar-refractivity contribution >= 4 is 27.6 Å². The summed E-state index contributed by atoms with van der Waals surface area (Å²) in [6, 6.07) is 0. The van der Waals surface area contributed by atoms with Crippen LogP contribution in [0.1, 0.15) is 310 Å². The predicted molar refractivity (Wildman–Crippen MR) is 370 cm³/mol. The largest absolute Gasteiger partial charge is 0.464 e. The Morgan fingerprint density at radius 2 is 0.702 bits per heavy atom. The molecule has 0 saturated carbocycles. The molecular weight excluding hydrogens is 1080 g/mol. The minimum absolute atomic E-state index is 0.119. The Morgan fingerprint density at radius 3 is 1.07 bits per heavy atom. The van der Waals surface area contributed by atoms with E-state index in [1.807, 2.05) is 21.6 Å². The number of piperazine rings is 1. The molecule has 1 fully saturated rings. The number of allylic oxidation sites excluding steroid dienone is 4. The SMILES string of the molecule is CCCCCCCC/C=C\CCCCCCC(O)CN(CCCSSCCN1CCN(CCOC(=O)CCCCN(CC(O)CCCCCCCC)CC(O)CCCCCCCC)CC1)CC(O)CCCCCC/C=C\CCCCCCCC. The van der Waals surface area contributed by atoms with E-state index in [1.165, 1.54) is 205 Å². The van der Waals surface area contributed by atoms with E-state index >= 15 is 0 Å². The van der Waals surface area contributed by atoms with Crippen molar-refractivity contribution in [3.8, 4) is 0 Å². The summed E-state index contributed by atoms with van der Waals surface area (Å²) in [5.41, 5.74) is 0. The topological polar surface area (TPSA) is 120 Å². The molecule has 1 rings (SSSR count). The molecule has 498 valence electrons. The number of aliphatic hydroxyl groups excluding tert-OH is 4. The molecule has 12 heteroatoms. The molecule has 0 amide bonds. The standard InChI is InChI=1S/C72H142N4O6S2/c1-5-9-13-17-21-23-25-27-29-31-33-35-39-43-50-70(79)66-76(67-71(80)51-44-40-36-34-32-30-28-26-24-22-18-14-10-6-2)54-47-62-83-84-63-60-74-57-55-73(56-58-74)59-61-82-72(81)52-45-46-53-75(64-68(77)48-41-37-19-15-11-7-3)65-69(78)49-42-38-20-16-12-8-4/h27-30,68-71,77-80H,5-26,31-67H2,1-4H3/b29-27-,30-28-. The summed E-state index contributed by atoms with van der Waals surface area (Å²) in [7, 11) is 3.94. The van der Waals surface area contributed by atoms with Crippen molar-refractivity contribution in [1.29, 1.82) is 0 Å². The van der Waals surface area contributed by atoms with Gasteiger partial charge in [0.15, 0.2) is 0 Å². The first-order valence-electron chi connectivity index (χ1n) is 36.5. The van der Waals surface area contributed by atoms with Crippen LogP contribution < -0.4 is 0 Å².